The average molecular weight is 282 g/mol. The number of rotatable bonds is 5. The van der Waals surface area contributed by atoms with Crippen molar-refractivity contribution in [2.24, 2.45) is 5.92 Å². The fourth-order valence-corrected chi connectivity index (χ4v) is 3.02. The van der Waals surface area contributed by atoms with Gasteiger partial charge in [0.2, 0.25) is 0 Å². The van der Waals surface area contributed by atoms with Crippen LogP contribution in [0.2, 0.25) is 0 Å². The van der Waals surface area contributed by atoms with Crippen LogP contribution in [0.25, 0.3) is 0 Å². The van der Waals surface area contributed by atoms with E-state index in [-0.39, 0.29) is 17.2 Å². The zero-order valence-electron chi connectivity index (χ0n) is 11.4. The van der Waals surface area contributed by atoms with Gasteiger partial charge in [-0.05, 0) is 32.6 Å². The van der Waals surface area contributed by atoms with Crippen LogP contribution in [0.3, 0.4) is 0 Å². The highest BCUT2D eigenvalue weighted by Gasteiger charge is 2.24. The maximum atomic E-state index is 12.3. The lowest BCUT2D eigenvalue weighted by atomic mass is 10.3. The first-order chi connectivity index (χ1) is 9.04. The summed E-state index contributed by atoms with van der Waals surface area (Å²) in [6, 6.07) is -0.0358. The van der Waals surface area contributed by atoms with Gasteiger partial charge in [0.1, 0.15) is 5.56 Å². The zero-order valence-corrected chi connectivity index (χ0v) is 12.2. The minimum atomic E-state index is -0.634. The van der Waals surface area contributed by atoms with Crippen LogP contribution in [-0.4, -0.2) is 28.4 Å². The molecule has 19 heavy (non-hydrogen) atoms. The van der Waals surface area contributed by atoms with Gasteiger partial charge in [-0.2, -0.15) is 0 Å². The van der Waals surface area contributed by atoms with Gasteiger partial charge in [-0.3, -0.25) is 9.36 Å². The summed E-state index contributed by atoms with van der Waals surface area (Å²) in [7, 11) is 1.26. The van der Waals surface area contributed by atoms with Gasteiger partial charge in [-0.25, -0.2) is 9.78 Å². The molecule has 1 heterocycles. The van der Waals surface area contributed by atoms with Crippen molar-refractivity contribution in [1.29, 1.82) is 0 Å². The van der Waals surface area contributed by atoms with E-state index in [4.69, 9.17) is 0 Å². The van der Waals surface area contributed by atoms with Gasteiger partial charge in [0.15, 0.2) is 5.16 Å². The third-order valence-electron chi connectivity index (χ3n) is 3.03. The monoisotopic (exact) mass is 282 g/mol. The summed E-state index contributed by atoms with van der Waals surface area (Å²) in [6.07, 6.45) is 3.85. The Balaban J connectivity index is 2.35. The van der Waals surface area contributed by atoms with E-state index in [1.807, 2.05) is 13.8 Å². The lowest BCUT2D eigenvalue weighted by Crippen LogP contribution is -2.30. The van der Waals surface area contributed by atoms with Crippen molar-refractivity contribution in [2.45, 2.75) is 37.9 Å². The van der Waals surface area contributed by atoms with Gasteiger partial charge >= 0.3 is 5.97 Å². The third-order valence-corrected chi connectivity index (χ3v) is 4.22. The zero-order chi connectivity index (χ0) is 14.0. The number of thioether (sulfide) groups is 1. The minimum Gasteiger partial charge on any atom is -0.465 e. The highest BCUT2D eigenvalue weighted by molar-refractivity contribution is 7.99. The van der Waals surface area contributed by atoms with Crippen molar-refractivity contribution in [3.63, 3.8) is 0 Å². The molecule has 104 valence electrons. The van der Waals surface area contributed by atoms with Crippen LogP contribution >= 0.6 is 11.8 Å². The van der Waals surface area contributed by atoms with Crippen LogP contribution in [0.15, 0.2) is 16.1 Å². The Bertz CT molecular complexity index is 535. The molecule has 0 radical (unpaired) electrons. The normalized spacial score (nSPS) is 14.7. The van der Waals surface area contributed by atoms with Crippen molar-refractivity contribution in [3.05, 3.63) is 22.1 Å². The van der Waals surface area contributed by atoms with Crippen LogP contribution in [-0.2, 0) is 4.74 Å². The first-order valence-electron chi connectivity index (χ1n) is 6.37. The van der Waals surface area contributed by atoms with Gasteiger partial charge in [0.25, 0.3) is 5.56 Å². The molecule has 0 unspecified atom stereocenters. The summed E-state index contributed by atoms with van der Waals surface area (Å²) in [6.45, 7) is 3.82. The van der Waals surface area contributed by atoms with Crippen molar-refractivity contribution >= 4 is 17.7 Å². The molecular weight excluding hydrogens is 264 g/mol. The molecule has 0 atom stereocenters. The number of carbonyl (C=O) groups excluding carboxylic acids is 1. The second-order valence-electron chi connectivity index (χ2n) is 4.97. The Morgan fingerprint density at radius 2 is 2.26 bits per heavy atom. The molecule has 1 aromatic heterocycles. The highest BCUT2D eigenvalue weighted by Crippen LogP contribution is 2.34. The van der Waals surface area contributed by atoms with Gasteiger partial charge in [-0.15, -0.1) is 0 Å². The SMILES string of the molecule is COC(=O)c1cnc(SCC2CC2)n(C(C)C)c1=O. The molecule has 0 aromatic carbocycles. The first-order valence-corrected chi connectivity index (χ1v) is 7.35. The van der Waals surface area contributed by atoms with Gasteiger partial charge in [-0.1, -0.05) is 11.8 Å². The predicted molar refractivity (Wildman–Crippen MR) is 73.7 cm³/mol. The smallest absolute Gasteiger partial charge is 0.345 e. The van der Waals surface area contributed by atoms with E-state index < -0.39 is 5.97 Å². The summed E-state index contributed by atoms with van der Waals surface area (Å²) in [4.78, 5) is 28.1. The molecule has 0 amide bonds. The molecular formula is C13H18N2O3S. The van der Waals surface area contributed by atoms with Crippen molar-refractivity contribution in [2.75, 3.05) is 12.9 Å². The third kappa shape index (κ3) is 3.18. The van der Waals surface area contributed by atoms with E-state index >= 15 is 0 Å². The van der Waals surface area contributed by atoms with E-state index in [2.05, 4.69) is 9.72 Å². The maximum Gasteiger partial charge on any atom is 0.345 e. The van der Waals surface area contributed by atoms with Crippen molar-refractivity contribution in [3.8, 4) is 0 Å². The molecule has 1 aliphatic rings. The van der Waals surface area contributed by atoms with Crippen LogP contribution in [0.1, 0.15) is 43.1 Å². The summed E-state index contributed by atoms with van der Waals surface area (Å²) >= 11 is 1.59. The molecule has 0 N–H and O–H groups in total. The van der Waals surface area contributed by atoms with E-state index in [9.17, 15) is 9.59 Å². The van der Waals surface area contributed by atoms with Crippen LogP contribution < -0.4 is 5.56 Å². The second-order valence-corrected chi connectivity index (χ2v) is 5.96. The first kappa shape index (κ1) is 14.1. The molecule has 0 spiro atoms. The van der Waals surface area contributed by atoms with Crippen LogP contribution in [0.4, 0.5) is 0 Å². The summed E-state index contributed by atoms with van der Waals surface area (Å²) in [5.74, 6) is 1.10. The summed E-state index contributed by atoms with van der Waals surface area (Å²) in [5.41, 5.74) is -0.331. The molecule has 6 heteroatoms. The Hall–Kier alpha value is -1.30. The number of ether oxygens (including phenoxy) is 1. The fourth-order valence-electron chi connectivity index (χ4n) is 1.74. The quantitative estimate of drug-likeness (QED) is 0.470. The number of esters is 1. The standard InChI is InChI=1S/C13H18N2O3S/c1-8(2)15-11(16)10(12(17)18-3)6-14-13(15)19-7-9-4-5-9/h6,8-9H,4-5,7H2,1-3H3. The van der Waals surface area contributed by atoms with Gasteiger partial charge < -0.3 is 4.74 Å². The van der Waals surface area contributed by atoms with Crippen LogP contribution in [0.5, 0.6) is 0 Å². The van der Waals surface area contributed by atoms with E-state index in [1.165, 1.54) is 26.1 Å². The Morgan fingerprint density at radius 1 is 1.58 bits per heavy atom. The minimum absolute atomic E-state index is 0.00743. The number of nitrogens with zero attached hydrogens (tertiary/aromatic N) is 2. The van der Waals surface area contributed by atoms with Crippen molar-refractivity contribution < 1.29 is 9.53 Å². The number of carbonyl (C=O) groups is 1. The number of methoxy groups -OCH3 is 1. The Kier molecular flexibility index (Phi) is 4.29. The molecule has 0 saturated heterocycles. The molecule has 0 aliphatic heterocycles. The van der Waals surface area contributed by atoms with E-state index in [0.29, 0.717) is 5.16 Å². The largest absolute Gasteiger partial charge is 0.465 e. The molecule has 2 rings (SSSR count). The number of hydrogen-bond acceptors (Lipinski definition) is 5. The molecule has 1 aliphatic carbocycles. The van der Waals surface area contributed by atoms with Crippen molar-refractivity contribution in [1.82, 2.24) is 9.55 Å². The molecule has 5 nitrogen and oxygen atoms in total. The summed E-state index contributed by atoms with van der Waals surface area (Å²) < 4.78 is 6.17. The van der Waals surface area contributed by atoms with E-state index in [0.717, 1.165) is 11.7 Å². The van der Waals surface area contributed by atoms with Gasteiger partial charge in [0.05, 0.1) is 13.3 Å². The average Bonchev–Trinajstić information content (AvgIpc) is 3.19. The lowest BCUT2D eigenvalue weighted by molar-refractivity contribution is 0.0596. The van der Waals surface area contributed by atoms with Crippen LogP contribution in [0, 0.1) is 5.92 Å². The fraction of sp³-hybridized carbons (Fsp3) is 0.615. The molecule has 1 fully saturated rings. The highest BCUT2D eigenvalue weighted by atomic mass is 32.2. The molecule has 1 aromatic rings. The second kappa shape index (κ2) is 5.77. The maximum absolute atomic E-state index is 12.3. The molecule has 0 bridgehead atoms. The van der Waals surface area contributed by atoms with E-state index in [1.54, 1.807) is 16.3 Å². The number of hydrogen-bond donors (Lipinski definition) is 0. The summed E-state index contributed by atoms with van der Waals surface area (Å²) in [5, 5.41) is 0.680. The Labute approximate surface area is 116 Å². The number of aromatic nitrogens is 2. The predicted octanol–water partition coefficient (Wildman–Crippen LogP) is 2.11. The Morgan fingerprint density at radius 3 is 2.79 bits per heavy atom. The molecule has 1 saturated carbocycles. The topological polar surface area (TPSA) is 61.2 Å². The van der Waals surface area contributed by atoms with Gasteiger partial charge in [0, 0.05) is 11.8 Å². The lowest BCUT2D eigenvalue weighted by Gasteiger charge is -2.15.